The molecule has 0 unspecified atom stereocenters. The van der Waals surface area contributed by atoms with Crippen LogP contribution in [-0.4, -0.2) is 19.0 Å². The van der Waals surface area contributed by atoms with Gasteiger partial charge < -0.3 is 10.6 Å². The molecule has 0 aliphatic carbocycles. The van der Waals surface area contributed by atoms with E-state index in [1.807, 2.05) is 37.3 Å². The second kappa shape index (κ2) is 5.87. The van der Waals surface area contributed by atoms with Gasteiger partial charge in [-0.15, -0.1) is 0 Å². The summed E-state index contributed by atoms with van der Waals surface area (Å²) < 4.78 is 1.06. The van der Waals surface area contributed by atoms with Crippen molar-refractivity contribution >= 4 is 38.3 Å². The highest BCUT2D eigenvalue weighted by Gasteiger charge is 2.05. The van der Waals surface area contributed by atoms with Crippen molar-refractivity contribution in [1.29, 1.82) is 0 Å². The van der Waals surface area contributed by atoms with E-state index >= 15 is 0 Å². The quantitative estimate of drug-likeness (QED) is 0.911. The largest absolute Gasteiger partial charge is 0.376 e. The minimum absolute atomic E-state index is 0.00417. The van der Waals surface area contributed by atoms with E-state index in [1.54, 1.807) is 0 Å². The van der Waals surface area contributed by atoms with Crippen LogP contribution in [0.5, 0.6) is 0 Å². The number of halogens is 1. The Labute approximate surface area is 115 Å². The number of likely N-dealkylation sites (N-methyl/N-ethyl adjacent to an activating group) is 1. The molecule has 0 aromatic heterocycles. The first kappa shape index (κ1) is 12.9. The van der Waals surface area contributed by atoms with Crippen LogP contribution in [0.2, 0.25) is 0 Å². The van der Waals surface area contributed by atoms with Gasteiger partial charge in [-0.05, 0) is 24.4 Å². The fourth-order valence-electron chi connectivity index (χ4n) is 1.85. The second-order valence-corrected chi connectivity index (χ2v) is 4.80. The highest BCUT2D eigenvalue weighted by molar-refractivity contribution is 9.10. The average Bonchev–Trinajstić information content (AvgIpc) is 2.39. The van der Waals surface area contributed by atoms with Crippen molar-refractivity contribution in [2.45, 2.75) is 6.92 Å². The number of carbonyl (C=O) groups excluding carboxylic acids is 1. The molecule has 2 N–H and O–H groups in total. The second-order valence-electron chi connectivity index (χ2n) is 3.95. The predicted octanol–water partition coefficient (Wildman–Crippen LogP) is 3.15. The minimum atomic E-state index is 0.00417. The Kier molecular flexibility index (Phi) is 4.20. The fourth-order valence-corrected chi connectivity index (χ4v) is 2.33. The Balaban J connectivity index is 2.24. The third-order valence-electron chi connectivity index (χ3n) is 2.68. The molecule has 3 nitrogen and oxygen atoms in total. The predicted molar refractivity (Wildman–Crippen MR) is 78.8 cm³/mol. The van der Waals surface area contributed by atoms with Crippen LogP contribution in [0.25, 0.3) is 10.8 Å². The maximum atomic E-state index is 11.4. The van der Waals surface area contributed by atoms with Gasteiger partial charge in [0.1, 0.15) is 0 Å². The van der Waals surface area contributed by atoms with Crippen molar-refractivity contribution in [2.24, 2.45) is 0 Å². The molecule has 0 radical (unpaired) electrons. The smallest absolute Gasteiger partial charge is 0.239 e. The van der Waals surface area contributed by atoms with Gasteiger partial charge in [0.2, 0.25) is 5.91 Å². The Bertz CT molecular complexity index is 569. The van der Waals surface area contributed by atoms with E-state index in [2.05, 4.69) is 32.6 Å². The number of hydrogen-bond donors (Lipinski definition) is 2. The van der Waals surface area contributed by atoms with Crippen molar-refractivity contribution in [1.82, 2.24) is 5.32 Å². The van der Waals surface area contributed by atoms with Gasteiger partial charge in [0.05, 0.1) is 6.54 Å². The van der Waals surface area contributed by atoms with Gasteiger partial charge in [-0.3, -0.25) is 4.79 Å². The molecule has 2 aromatic rings. The first-order valence-corrected chi connectivity index (χ1v) is 6.69. The van der Waals surface area contributed by atoms with Crippen LogP contribution in [0.4, 0.5) is 5.69 Å². The summed E-state index contributed by atoms with van der Waals surface area (Å²) in [5.41, 5.74) is 0.972. The molecule has 0 aliphatic heterocycles. The van der Waals surface area contributed by atoms with Gasteiger partial charge in [-0.2, -0.15) is 0 Å². The van der Waals surface area contributed by atoms with Crippen molar-refractivity contribution in [2.75, 3.05) is 18.4 Å². The van der Waals surface area contributed by atoms with E-state index < -0.39 is 0 Å². The van der Waals surface area contributed by atoms with Crippen LogP contribution < -0.4 is 10.6 Å². The number of nitrogens with one attached hydrogen (secondary N) is 2. The summed E-state index contributed by atoms with van der Waals surface area (Å²) >= 11 is 3.53. The van der Waals surface area contributed by atoms with E-state index in [1.165, 1.54) is 0 Å². The first-order valence-electron chi connectivity index (χ1n) is 5.90. The molecule has 94 valence electrons. The molecule has 18 heavy (non-hydrogen) atoms. The topological polar surface area (TPSA) is 41.1 Å². The summed E-state index contributed by atoms with van der Waals surface area (Å²) in [6, 6.07) is 12.1. The summed E-state index contributed by atoms with van der Waals surface area (Å²) in [5.74, 6) is 0.00417. The number of fused-ring (bicyclic) bond motifs is 1. The summed E-state index contributed by atoms with van der Waals surface area (Å²) in [6.07, 6.45) is 0. The lowest BCUT2D eigenvalue weighted by molar-refractivity contribution is -0.119. The van der Waals surface area contributed by atoms with Crippen molar-refractivity contribution in [3.63, 3.8) is 0 Å². The van der Waals surface area contributed by atoms with Crippen molar-refractivity contribution in [3.05, 3.63) is 40.9 Å². The maximum absolute atomic E-state index is 11.4. The Morgan fingerprint density at radius 3 is 2.61 bits per heavy atom. The first-order chi connectivity index (χ1) is 8.72. The van der Waals surface area contributed by atoms with E-state index in [4.69, 9.17) is 0 Å². The molecular formula is C14H15BrN2O. The van der Waals surface area contributed by atoms with Gasteiger partial charge in [0, 0.05) is 22.1 Å². The number of rotatable bonds is 4. The zero-order chi connectivity index (χ0) is 13.0. The molecule has 0 fully saturated rings. The number of amides is 1. The van der Waals surface area contributed by atoms with Crippen molar-refractivity contribution < 1.29 is 4.79 Å². The van der Waals surface area contributed by atoms with E-state index in [0.717, 1.165) is 20.9 Å². The van der Waals surface area contributed by atoms with E-state index in [9.17, 15) is 4.79 Å². The molecule has 0 aliphatic rings. The number of anilines is 1. The third-order valence-corrected chi connectivity index (χ3v) is 3.38. The van der Waals surface area contributed by atoms with Gasteiger partial charge in [-0.1, -0.05) is 40.2 Å². The summed E-state index contributed by atoms with van der Waals surface area (Å²) in [6.45, 7) is 2.86. The maximum Gasteiger partial charge on any atom is 0.239 e. The number of carbonyl (C=O) groups is 1. The summed E-state index contributed by atoms with van der Waals surface area (Å²) in [4.78, 5) is 11.4. The van der Waals surface area contributed by atoms with Gasteiger partial charge in [0.15, 0.2) is 0 Å². The standard InChI is InChI=1S/C14H15BrN2O/c1-2-16-14(18)9-17-13-8-7-12(15)10-5-3-4-6-11(10)13/h3-8,17H,2,9H2,1H3,(H,16,18). The van der Waals surface area contributed by atoms with Crippen LogP contribution in [0.3, 0.4) is 0 Å². The number of hydrogen-bond acceptors (Lipinski definition) is 2. The molecular weight excluding hydrogens is 292 g/mol. The van der Waals surface area contributed by atoms with Crippen LogP contribution in [0.1, 0.15) is 6.92 Å². The van der Waals surface area contributed by atoms with E-state index in [-0.39, 0.29) is 5.91 Å². The fraction of sp³-hybridized carbons (Fsp3) is 0.214. The summed E-state index contributed by atoms with van der Waals surface area (Å²) in [7, 11) is 0. The Morgan fingerprint density at radius 1 is 1.17 bits per heavy atom. The highest BCUT2D eigenvalue weighted by atomic mass is 79.9. The number of benzene rings is 2. The lowest BCUT2D eigenvalue weighted by Gasteiger charge is -2.10. The molecule has 0 saturated heterocycles. The third kappa shape index (κ3) is 2.82. The minimum Gasteiger partial charge on any atom is -0.376 e. The van der Waals surface area contributed by atoms with Gasteiger partial charge in [0.25, 0.3) is 0 Å². The molecule has 0 heterocycles. The highest BCUT2D eigenvalue weighted by Crippen LogP contribution is 2.29. The zero-order valence-corrected chi connectivity index (χ0v) is 11.8. The SMILES string of the molecule is CCNC(=O)CNc1ccc(Br)c2ccccc12. The normalized spacial score (nSPS) is 10.3. The Morgan fingerprint density at radius 2 is 1.89 bits per heavy atom. The Hall–Kier alpha value is -1.55. The lowest BCUT2D eigenvalue weighted by Crippen LogP contribution is -2.29. The summed E-state index contributed by atoms with van der Waals surface area (Å²) in [5, 5.41) is 8.18. The lowest BCUT2D eigenvalue weighted by atomic mass is 10.1. The molecule has 4 heteroatoms. The van der Waals surface area contributed by atoms with Gasteiger partial charge >= 0.3 is 0 Å². The van der Waals surface area contributed by atoms with Crippen LogP contribution in [0.15, 0.2) is 40.9 Å². The van der Waals surface area contributed by atoms with Gasteiger partial charge in [-0.25, -0.2) is 0 Å². The monoisotopic (exact) mass is 306 g/mol. The molecule has 2 rings (SSSR count). The van der Waals surface area contributed by atoms with Crippen LogP contribution in [-0.2, 0) is 4.79 Å². The van der Waals surface area contributed by atoms with Crippen LogP contribution in [0, 0.1) is 0 Å². The average molecular weight is 307 g/mol. The van der Waals surface area contributed by atoms with E-state index in [0.29, 0.717) is 13.1 Å². The van der Waals surface area contributed by atoms with Crippen LogP contribution >= 0.6 is 15.9 Å². The molecule has 2 aromatic carbocycles. The molecule has 0 saturated carbocycles. The molecule has 0 spiro atoms. The molecule has 1 amide bonds. The zero-order valence-electron chi connectivity index (χ0n) is 10.2. The molecule has 0 atom stereocenters. The molecule has 0 bridgehead atoms. The van der Waals surface area contributed by atoms with Crippen molar-refractivity contribution in [3.8, 4) is 0 Å².